The lowest BCUT2D eigenvalue weighted by Crippen LogP contribution is -2.37. The van der Waals surface area contributed by atoms with Gasteiger partial charge in [0.05, 0.1) is 11.6 Å². The minimum Gasteiger partial charge on any atom is -0.348 e. The lowest BCUT2D eigenvalue weighted by Gasteiger charge is -2.24. The van der Waals surface area contributed by atoms with Crippen LogP contribution in [0.2, 0.25) is 0 Å². The van der Waals surface area contributed by atoms with Crippen LogP contribution >= 0.6 is 0 Å². The van der Waals surface area contributed by atoms with E-state index in [0.717, 1.165) is 32.0 Å². The van der Waals surface area contributed by atoms with Gasteiger partial charge < -0.3 is 10.6 Å². The second-order valence-corrected chi connectivity index (χ2v) is 7.32. The molecule has 8 heteroatoms. The summed E-state index contributed by atoms with van der Waals surface area (Å²) in [6.45, 7) is 5.18. The quantitative estimate of drug-likeness (QED) is 0.812. The van der Waals surface area contributed by atoms with E-state index in [1.807, 2.05) is 0 Å². The van der Waals surface area contributed by atoms with E-state index in [4.69, 9.17) is 0 Å². The van der Waals surface area contributed by atoms with Gasteiger partial charge in [0.15, 0.2) is 0 Å². The van der Waals surface area contributed by atoms with Crippen LogP contribution in [0.1, 0.15) is 60.3 Å². The third-order valence-electron chi connectivity index (χ3n) is 5.35. The van der Waals surface area contributed by atoms with E-state index in [1.165, 1.54) is 12.1 Å². The summed E-state index contributed by atoms with van der Waals surface area (Å²) in [6.07, 6.45) is -0.600. The molecule has 1 saturated heterocycles. The second-order valence-electron chi connectivity index (χ2n) is 7.32. The summed E-state index contributed by atoms with van der Waals surface area (Å²) in [4.78, 5) is 12.5. The van der Waals surface area contributed by atoms with Crippen LogP contribution in [0.5, 0.6) is 0 Å². The van der Waals surface area contributed by atoms with Gasteiger partial charge in [0, 0.05) is 24.7 Å². The maximum Gasteiger partial charge on any atom is 0.416 e. The first-order chi connectivity index (χ1) is 13.3. The van der Waals surface area contributed by atoms with Crippen LogP contribution in [0.25, 0.3) is 0 Å². The number of benzene rings is 1. The van der Waals surface area contributed by atoms with E-state index in [-0.39, 0.29) is 23.2 Å². The lowest BCUT2D eigenvalue weighted by atomic mass is 9.90. The number of alkyl halides is 3. The number of hydrogen-bond acceptors (Lipinski definition) is 3. The van der Waals surface area contributed by atoms with Crippen molar-refractivity contribution in [3.05, 3.63) is 53.3 Å². The Hall–Kier alpha value is -2.35. The fraction of sp³-hybridized carbons (Fsp3) is 0.500. The Kier molecular flexibility index (Phi) is 6.07. The molecule has 152 valence electrons. The summed E-state index contributed by atoms with van der Waals surface area (Å²) in [6, 6.07) is 6.85. The molecule has 1 aliphatic rings. The first kappa shape index (κ1) is 20.4. The number of halogens is 3. The number of aromatic nitrogens is 2. The minimum absolute atomic E-state index is 0.168. The van der Waals surface area contributed by atoms with Gasteiger partial charge in [-0.05, 0) is 44.0 Å². The van der Waals surface area contributed by atoms with E-state index >= 15 is 0 Å². The minimum atomic E-state index is -4.43. The van der Waals surface area contributed by atoms with Gasteiger partial charge in [-0.3, -0.25) is 9.48 Å². The molecule has 2 aromatic rings. The molecule has 2 heterocycles. The highest BCUT2D eigenvalue weighted by molar-refractivity contribution is 5.92. The van der Waals surface area contributed by atoms with Gasteiger partial charge in [-0.15, -0.1) is 0 Å². The SMILES string of the molecule is CC(NC(=O)c1ccn(C2CCCNC2)n1)C(C)c1ccccc1C(F)(F)F. The van der Waals surface area contributed by atoms with Crippen molar-refractivity contribution in [3.63, 3.8) is 0 Å². The molecule has 1 aromatic heterocycles. The molecule has 0 saturated carbocycles. The number of nitrogens with one attached hydrogen (secondary N) is 2. The van der Waals surface area contributed by atoms with Crippen LogP contribution < -0.4 is 10.6 Å². The molecular formula is C20H25F3N4O. The van der Waals surface area contributed by atoms with Gasteiger partial charge in [0.2, 0.25) is 0 Å². The number of amides is 1. The number of carbonyl (C=O) groups excluding carboxylic acids is 1. The first-order valence-electron chi connectivity index (χ1n) is 9.50. The maximum atomic E-state index is 13.3. The van der Waals surface area contributed by atoms with E-state index in [9.17, 15) is 18.0 Å². The summed E-state index contributed by atoms with van der Waals surface area (Å²) >= 11 is 0. The standard InChI is InChI=1S/C20H25F3N4O/c1-13(16-7-3-4-8-17(16)20(21,22)23)14(2)25-19(28)18-9-11-27(26-18)15-6-5-10-24-12-15/h3-4,7-9,11,13-15,24H,5-6,10,12H2,1-2H3,(H,25,28). The Morgan fingerprint density at radius 1 is 1.29 bits per heavy atom. The maximum absolute atomic E-state index is 13.3. The number of carbonyl (C=O) groups is 1. The molecule has 0 spiro atoms. The lowest BCUT2D eigenvalue weighted by molar-refractivity contribution is -0.138. The van der Waals surface area contributed by atoms with E-state index in [0.29, 0.717) is 0 Å². The van der Waals surface area contributed by atoms with Crippen molar-refractivity contribution in [3.8, 4) is 0 Å². The molecule has 1 amide bonds. The van der Waals surface area contributed by atoms with Crippen LogP contribution in [0.4, 0.5) is 13.2 Å². The van der Waals surface area contributed by atoms with Crippen LogP contribution in [0, 0.1) is 0 Å². The van der Waals surface area contributed by atoms with Gasteiger partial charge in [0.25, 0.3) is 5.91 Å². The molecule has 3 atom stereocenters. The molecule has 5 nitrogen and oxygen atoms in total. The number of hydrogen-bond donors (Lipinski definition) is 2. The average molecular weight is 394 g/mol. The van der Waals surface area contributed by atoms with Crippen molar-refractivity contribution in [1.29, 1.82) is 0 Å². The van der Waals surface area contributed by atoms with Crippen LogP contribution in [-0.4, -0.2) is 34.8 Å². The zero-order chi connectivity index (χ0) is 20.3. The normalized spacial score (nSPS) is 19.8. The molecule has 0 radical (unpaired) electrons. The topological polar surface area (TPSA) is 59.0 Å². The number of rotatable bonds is 5. The predicted octanol–water partition coefficient (Wildman–Crippen LogP) is 3.75. The third kappa shape index (κ3) is 4.55. The first-order valence-corrected chi connectivity index (χ1v) is 9.50. The van der Waals surface area contributed by atoms with Crippen molar-refractivity contribution < 1.29 is 18.0 Å². The summed E-state index contributed by atoms with van der Waals surface area (Å²) in [7, 11) is 0. The van der Waals surface area contributed by atoms with Crippen LogP contribution in [0.3, 0.4) is 0 Å². The van der Waals surface area contributed by atoms with Crippen LogP contribution in [0.15, 0.2) is 36.5 Å². The summed E-state index contributed by atoms with van der Waals surface area (Å²) < 4.78 is 41.6. The van der Waals surface area contributed by atoms with Gasteiger partial charge >= 0.3 is 6.18 Å². The third-order valence-corrected chi connectivity index (χ3v) is 5.35. The molecule has 3 unspecified atom stereocenters. The highest BCUT2D eigenvalue weighted by atomic mass is 19.4. The van der Waals surface area contributed by atoms with Gasteiger partial charge in [-0.25, -0.2) is 0 Å². The van der Waals surface area contributed by atoms with Crippen molar-refractivity contribution in [2.45, 2.75) is 50.9 Å². The summed E-state index contributed by atoms with van der Waals surface area (Å²) in [5, 5.41) is 10.5. The van der Waals surface area contributed by atoms with Crippen molar-refractivity contribution >= 4 is 5.91 Å². The molecule has 0 bridgehead atoms. The van der Waals surface area contributed by atoms with E-state index < -0.39 is 23.7 Å². The molecule has 1 fully saturated rings. The summed E-state index contributed by atoms with van der Waals surface area (Å²) in [5.41, 5.74) is -0.229. The van der Waals surface area contributed by atoms with Gasteiger partial charge in [-0.2, -0.15) is 18.3 Å². The Morgan fingerprint density at radius 3 is 2.71 bits per heavy atom. The molecule has 28 heavy (non-hydrogen) atoms. The number of piperidine rings is 1. The Morgan fingerprint density at radius 2 is 2.04 bits per heavy atom. The Bertz CT molecular complexity index is 812. The molecule has 2 N–H and O–H groups in total. The Balaban J connectivity index is 1.68. The number of nitrogens with zero attached hydrogens (tertiary/aromatic N) is 2. The predicted molar refractivity (Wildman–Crippen MR) is 100 cm³/mol. The fourth-order valence-corrected chi connectivity index (χ4v) is 3.55. The highest BCUT2D eigenvalue weighted by Crippen LogP contribution is 2.36. The Labute approximate surface area is 162 Å². The summed E-state index contributed by atoms with van der Waals surface area (Å²) in [5.74, 6) is -0.891. The average Bonchev–Trinajstić information content (AvgIpc) is 3.18. The molecule has 1 aromatic carbocycles. The van der Waals surface area contributed by atoms with Crippen molar-refractivity contribution in [2.24, 2.45) is 0 Å². The van der Waals surface area contributed by atoms with E-state index in [1.54, 1.807) is 36.9 Å². The zero-order valence-corrected chi connectivity index (χ0v) is 16.0. The van der Waals surface area contributed by atoms with Gasteiger partial charge in [-0.1, -0.05) is 25.1 Å². The van der Waals surface area contributed by atoms with Gasteiger partial charge in [0.1, 0.15) is 5.69 Å². The second kappa shape index (κ2) is 8.34. The molecule has 1 aliphatic heterocycles. The molecular weight excluding hydrogens is 369 g/mol. The van der Waals surface area contributed by atoms with Crippen molar-refractivity contribution in [2.75, 3.05) is 13.1 Å². The fourth-order valence-electron chi connectivity index (χ4n) is 3.55. The monoisotopic (exact) mass is 394 g/mol. The smallest absolute Gasteiger partial charge is 0.348 e. The van der Waals surface area contributed by atoms with Crippen molar-refractivity contribution in [1.82, 2.24) is 20.4 Å². The highest BCUT2D eigenvalue weighted by Gasteiger charge is 2.35. The van der Waals surface area contributed by atoms with E-state index in [2.05, 4.69) is 15.7 Å². The van der Waals surface area contributed by atoms with Crippen LogP contribution in [-0.2, 0) is 6.18 Å². The molecule has 3 rings (SSSR count). The largest absolute Gasteiger partial charge is 0.416 e. The zero-order valence-electron chi connectivity index (χ0n) is 16.0. The molecule has 0 aliphatic carbocycles.